The third-order valence-corrected chi connectivity index (χ3v) is 2.35. The predicted octanol–water partition coefficient (Wildman–Crippen LogP) is -0.956. The second kappa shape index (κ2) is 3.59. The lowest BCUT2D eigenvalue weighted by Crippen LogP contribution is -2.34. The highest BCUT2D eigenvalue weighted by Crippen LogP contribution is 2.29. The molecule has 6 nitrogen and oxygen atoms in total. The van der Waals surface area contributed by atoms with Gasteiger partial charge in [0.1, 0.15) is 18.3 Å². The van der Waals surface area contributed by atoms with Crippen molar-refractivity contribution in [2.45, 2.75) is 24.4 Å². The van der Waals surface area contributed by atoms with E-state index in [1.807, 2.05) is 0 Å². The number of nitrogens with two attached hydrogens (primary N) is 1. The highest BCUT2D eigenvalue weighted by atomic mass is 16.7. The minimum atomic E-state index is -0.205. The number of oxime groups is 1. The Hall–Kier alpha value is -0.690. The van der Waals surface area contributed by atoms with Gasteiger partial charge in [0.15, 0.2) is 6.10 Å². The van der Waals surface area contributed by atoms with Crippen LogP contribution in [-0.4, -0.2) is 44.3 Å². The maximum Gasteiger partial charge on any atom is 0.179 e. The molecule has 0 aromatic carbocycles. The van der Waals surface area contributed by atoms with Crippen molar-refractivity contribution in [2.75, 3.05) is 13.2 Å². The van der Waals surface area contributed by atoms with Crippen LogP contribution in [0.15, 0.2) is 5.16 Å². The molecule has 0 saturated carbocycles. The van der Waals surface area contributed by atoms with Gasteiger partial charge in [0, 0.05) is 6.72 Å². The van der Waals surface area contributed by atoms with E-state index in [1.54, 1.807) is 0 Å². The van der Waals surface area contributed by atoms with Crippen molar-refractivity contribution in [3.05, 3.63) is 0 Å². The molecule has 13 heavy (non-hydrogen) atoms. The van der Waals surface area contributed by atoms with Crippen LogP contribution in [0.5, 0.6) is 0 Å². The molecule has 6 heteroatoms. The molecule has 2 fully saturated rings. The second-order valence-electron chi connectivity index (χ2n) is 3.04. The first kappa shape index (κ1) is 8.89. The second-order valence-corrected chi connectivity index (χ2v) is 3.04. The van der Waals surface area contributed by atoms with Gasteiger partial charge in [-0.2, -0.15) is 0 Å². The van der Waals surface area contributed by atoms with Crippen molar-refractivity contribution < 1.29 is 19.1 Å². The summed E-state index contributed by atoms with van der Waals surface area (Å²) >= 11 is 0. The van der Waals surface area contributed by atoms with Crippen molar-refractivity contribution >= 4 is 6.72 Å². The summed E-state index contributed by atoms with van der Waals surface area (Å²) in [5, 5.41) is 3.35. The van der Waals surface area contributed by atoms with Crippen LogP contribution in [0.25, 0.3) is 0 Å². The summed E-state index contributed by atoms with van der Waals surface area (Å²) in [6, 6.07) is 0. The van der Waals surface area contributed by atoms with Crippen LogP contribution in [0, 0.1) is 0 Å². The predicted molar refractivity (Wildman–Crippen MR) is 43.0 cm³/mol. The number of fused-ring (bicyclic) bond motifs is 1. The van der Waals surface area contributed by atoms with Crippen LogP contribution < -0.4 is 5.90 Å². The third-order valence-electron chi connectivity index (χ3n) is 2.35. The number of nitrogens with zero attached hydrogens (tertiary/aromatic N) is 1. The fourth-order valence-corrected chi connectivity index (χ4v) is 1.73. The molecule has 4 unspecified atom stereocenters. The molecule has 0 aromatic rings. The van der Waals surface area contributed by atoms with E-state index < -0.39 is 0 Å². The average molecular weight is 188 g/mol. The SMILES string of the molecule is C=NOC1COC2C(ON)COC12. The minimum absolute atomic E-state index is 0.140. The van der Waals surface area contributed by atoms with Gasteiger partial charge in [-0.1, -0.05) is 0 Å². The normalized spacial score (nSPS) is 43.2. The number of hydrogen-bond acceptors (Lipinski definition) is 6. The fraction of sp³-hybridized carbons (Fsp3) is 0.857. The molecule has 0 aromatic heterocycles. The van der Waals surface area contributed by atoms with Gasteiger partial charge in [0.25, 0.3) is 0 Å². The molecule has 2 rings (SSSR count). The molecular weight excluding hydrogens is 176 g/mol. The summed E-state index contributed by atoms with van der Waals surface area (Å²) in [5.74, 6) is 5.07. The van der Waals surface area contributed by atoms with Crippen LogP contribution in [0.4, 0.5) is 0 Å². The van der Waals surface area contributed by atoms with Gasteiger partial charge in [-0.15, -0.1) is 5.16 Å². The average Bonchev–Trinajstić information content (AvgIpc) is 2.68. The lowest BCUT2D eigenvalue weighted by atomic mass is 10.1. The zero-order valence-corrected chi connectivity index (χ0v) is 7.09. The minimum Gasteiger partial charge on any atom is -0.388 e. The Balaban J connectivity index is 1.98. The molecule has 74 valence electrons. The van der Waals surface area contributed by atoms with Crippen molar-refractivity contribution in [3.8, 4) is 0 Å². The van der Waals surface area contributed by atoms with E-state index in [2.05, 4.69) is 11.9 Å². The van der Waals surface area contributed by atoms with E-state index in [4.69, 9.17) is 25.0 Å². The molecule has 2 aliphatic heterocycles. The number of hydrogen-bond donors (Lipinski definition) is 1. The molecule has 2 heterocycles. The molecule has 0 spiro atoms. The Labute approximate surface area is 75.5 Å². The van der Waals surface area contributed by atoms with Crippen LogP contribution >= 0.6 is 0 Å². The zero-order valence-electron chi connectivity index (χ0n) is 7.09. The number of ether oxygens (including phenoxy) is 2. The molecule has 0 amide bonds. The summed E-state index contributed by atoms with van der Waals surface area (Å²) < 4.78 is 10.8. The van der Waals surface area contributed by atoms with E-state index in [0.29, 0.717) is 13.2 Å². The summed E-state index contributed by atoms with van der Waals surface area (Å²) in [4.78, 5) is 9.68. The lowest BCUT2D eigenvalue weighted by molar-refractivity contribution is -0.0498. The summed E-state index contributed by atoms with van der Waals surface area (Å²) in [6.45, 7) is 4.11. The van der Waals surface area contributed by atoms with E-state index >= 15 is 0 Å². The molecule has 4 atom stereocenters. The van der Waals surface area contributed by atoms with Crippen LogP contribution in [0.3, 0.4) is 0 Å². The Kier molecular flexibility index (Phi) is 2.45. The van der Waals surface area contributed by atoms with Crippen LogP contribution in [0.2, 0.25) is 0 Å². The van der Waals surface area contributed by atoms with Crippen molar-refractivity contribution in [1.82, 2.24) is 0 Å². The van der Waals surface area contributed by atoms with Crippen LogP contribution in [0.1, 0.15) is 0 Å². The van der Waals surface area contributed by atoms with E-state index in [-0.39, 0.29) is 24.4 Å². The van der Waals surface area contributed by atoms with Crippen molar-refractivity contribution in [3.63, 3.8) is 0 Å². The molecule has 2 aliphatic rings. The summed E-state index contributed by atoms with van der Waals surface area (Å²) in [7, 11) is 0. The highest BCUT2D eigenvalue weighted by Gasteiger charge is 2.49. The van der Waals surface area contributed by atoms with Gasteiger partial charge in [-0.05, 0) is 0 Å². The van der Waals surface area contributed by atoms with Gasteiger partial charge in [0.05, 0.1) is 13.2 Å². The molecule has 2 saturated heterocycles. The fourth-order valence-electron chi connectivity index (χ4n) is 1.73. The van der Waals surface area contributed by atoms with Crippen LogP contribution in [-0.2, 0) is 19.1 Å². The molecule has 2 N–H and O–H groups in total. The molecule has 0 radical (unpaired) electrons. The lowest BCUT2D eigenvalue weighted by Gasteiger charge is -2.13. The Morgan fingerprint density at radius 2 is 1.85 bits per heavy atom. The highest BCUT2D eigenvalue weighted by molar-refractivity contribution is 5.21. The Morgan fingerprint density at radius 1 is 1.23 bits per heavy atom. The first-order chi connectivity index (χ1) is 6.36. The quantitative estimate of drug-likeness (QED) is 0.456. The first-order valence-electron chi connectivity index (χ1n) is 4.07. The largest absolute Gasteiger partial charge is 0.388 e. The first-order valence-corrected chi connectivity index (χ1v) is 4.07. The molecule has 0 bridgehead atoms. The standard InChI is InChI=1S/C7H12N2O4/c1-9-13-5-3-11-6-4(12-8)2-10-7(5)6/h4-7H,1-3,8H2. The maximum absolute atomic E-state index is 5.40. The smallest absolute Gasteiger partial charge is 0.179 e. The van der Waals surface area contributed by atoms with Gasteiger partial charge >= 0.3 is 0 Å². The van der Waals surface area contributed by atoms with E-state index in [9.17, 15) is 0 Å². The maximum atomic E-state index is 5.40. The molecular formula is C7H12N2O4. The van der Waals surface area contributed by atoms with Gasteiger partial charge in [0.2, 0.25) is 0 Å². The summed E-state index contributed by atoms with van der Waals surface area (Å²) in [6.07, 6.45) is -0.679. The van der Waals surface area contributed by atoms with Gasteiger partial charge in [-0.25, -0.2) is 5.90 Å². The third kappa shape index (κ3) is 1.42. The van der Waals surface area contributed by atoms with Gasteiger partial charge in [-0.3, -0.25) is 4.84 Å². The Morgan fingerprint density at radius 3 is 2.46 bits per heavy atom. The van der Waals surface area contributed by atoms with Gasteiger partial charge < -0.3 is 14.3 Å². The zero-order chi connectivity index (χ0) is 9.26. The summed E-state index contributed by atoms with van der Waals surface area (Å²) in [5.41, 5.74) is 0. The van der Waals surface area contributed by atoms with Crippen molar-refractivity contribution in [1.29, 1.82) is 0 Å². The Bertz CT molecular complexity index is 201. The topological polar surface area (TPSA) is 75.3 Å². The monoisotopic (exact) mass is 188 g/mol. The van der Waals surface area contributed by atoms with E-state index in [1.165, 1.54) is 0 Å². The molecule has 0 aliphatic carbocycles. The van der Waals surface area contributed by atoms with Crippen molar-refractivity contribution in [2.24, 2.45) is 11.1 Å². The van der Waals surface area contributed by atoms with E-state index in [0.717, 1.165) is 0 Å². The number of rotatable bonds is 3.